The van der Waals surface area contributed by atoms with Gasteiger partial charge in [-0.25, -0.2) is 9.59 Å². The molecule has 17 heteroatoms. The standard InChI is InChI=1S/C33H46ClN5O10S/c1-17-8-7-9-23(46-6)32(44)16-22(47-31(43)37-32)18(2)28-33(36,49-28)24(48-30(42)29(35)39(4)25(40)10-11-50)15-26(41)38(3)20-13-19(12-17)14-21(45-5)27(20)34/h7-9,13-14,18,22-24,28-29,44,50H,10-12,15-16,35-36H2,1-6H3,(H,37,43)/b9-7+,17-8+/t18-,22+,23-,24+,28+,29-,32+,33+/m1/s1. The molecular formula is C33H46ClN5O10S. The largest absolute Gasteiger partial charge is 0.495 e. The quantitative estimate of drug-likeness (QED) is 0.117. The van der Waals surface area contributed by atoms with Crippen LogP contribution in [0.15, 0.2) is 35.9 Å². The normalized spacial score (nSPS) is 32.3. The van der Waals surface area contributed by atoms with Crippen LogP contribution in [-0.2, 0) is 39.8 Å². The highest BCUT2D eigenvalue weighted by atomic mass is 35.5. The second-order valence-corrected chi connectivity index (χ2v) is 13.6. The molecular weight excluding hydrogens is 694 g/mol. The number of carbonyl (C=O) groups excluding carboxylic acids is 4. The Balaban J connectivity index is 1.78. The Morgan fingerprint density at radius 1 is 1.30 bits per heavy atom. The van der Waals surface area contributed by atoms with Crippen molar-refractivity contribution in [1.82, 2.24) is 10.2 Å². The van der Waals surface area contributed by atoms with Crippen molar-refractivity contribution in [1.29, 1.82) is 0 Å². The molecule has 4 bridgehead atoms. The first kappa shape index (κ1) is 39.4. The highest BCUT2D eigenvalue weighted by Gasteiger charge is 2.65. The number of fused-ring (bicyclic) bond motifs is 5. The topological polar surface area (TPSA) is 209 Å². The van der Waals surface area contributed by atoms with Gasteiger partial charge in [0.05, 0.1) is 19.2 Å². The van der Waals surface area contributed by atoms with Crippen LogP contribution in [-0.4, -0.2) is 110 Å². The maximum Gasteiger partial charge on any atom is 0.409 e. The fourth-order valence-corrected chi connectivity index (χ4v) is 6.67. The third-order valence-electron chi connectivity index (χ3n) is 9.28. The van der Waals surface area contributed by atoms with E-state index in [9.17, 15) is 24.3 Å². The van der Waals surface area contributed by atoms with Crippen LogP contribution in [0, 0.1) is 5.92 Å². The number of ether oxygens (including phenoxy) is 5. The van der Waals surface area contributed by atoms with Gasteiger partial charge in [0.15, 0.2) is 23.7 Å². The number of aliphatic hydroxyl groups is 1. The Bertz CT molecular complexity index is 1550. The fraction of sp³-hybridized carbons (Fsp3) is 0.576. The average Bonchev–Trinajstić information content (AvgIpc) is 3.76. The van der Waals surface area contributed by atoms with Gasteiger partial charge in [-0.05, 0) is 36.8 Å². The SMILES string of the molecule is COc1cc2cc(c1Cl)N(C)C(=O)C[C@H](OC(=O)[C@H](N)N(C)C(=O)CCS)[C@]1(N)O[C@H]1[C@H](C)[C@@H]1C[C@@](O)(NC(=O)O1)[C@H](OC)/C=C/C=C(\C)C2. The molecule has 0 unspecified atom stereocenters. The maximum atomic E-state index is 14.0. The zero-order chi connectivity index (χ0) is 37.1. The Kier molecular flexibility index (Phi) is 12.5. The molecule has 2 fully saturated rings. The van der Waals surface area contributed by atoms with Crippen molar-refractivity contribution < 1.29 is 48.0 Å². The molecule has 3 aliphatic rings. The molecule has 0 saturated carbocycles. The Morgan fingerprint density at radius 2 is 2.00 bits per heavy atom. The molecule has 50 heavy (non-hydrogen) atoms. The third-order valence-corrected chi connectivity index (χ3v) is 9.88. The number of halogens is 1. The highest BCUT2D eigenvalue weighted by Crippen LogP contribution is 2.46. The van der Waals surface area contributed by atoms with Gasteiger partial charge in [-0.1, -0.05) is 42.3 Å². The molecule has 6 N–H and O–H groups in total. The van der Waals surface area contributed by atoms with Crippen LogP contribution in [0.3, 0.4) is 0 Å². The molecule has 0 spiro atoms. The summed E-state index contributed by atoms with van der Waals surface area (Å²) in [6.07, 6.45) is -1.71. The summed E-state index contributed by atoms with van der Waals surface area (Å²) in [5.74, 6) is -2.16. The van der Waals surface area contributed by atoms with Crippen molar-refractivity contribution in [3.05, 3.63) is 46.5 Å². The molecule has 3 amide bonds. The second-order valence-electron chi connectivity index (χ2n) is 12.8. The fourth-order valence-electron chi connectivity index (χ4n) is 6.17. The summed E-state index contributed by atoms with van der Waals surface area (Å²) in [7, 11) is 5.70. The Hall–Kier alpha value is -3.38. The number of esters is 1. The van der Waals surface area contributed by atoms with E-state index in [0.717, 1.165) is 16.0 Å². The van der Waals surface area contributed by atoms with E-state index in [1.165, 1.54) is 33.2 Å². The summed E-state index contributed by atoms with van der Waals surface area (Å²) in [5, 5.41) is 14.3. The van der Waals surface area contributed by atoms with Crippen molar-refractivity contribution in [2.75, 3.05) is 39.0 Å². The lowest BCUT2D eigenvalue weighted by atomic mass is 9.86. The van der Waals surface area contributed by atoms with Gasteiger partial charge in [-0.2, -0.15) is 12.6 Å². The summed E-state index contributed by atoms with van der Waals surface area (Å²) >= 11 is 10.7. The van der Waals surface area contributed by atoms with E-state index >= 15 is 0 Å². The Morgan fingerprint density at radius 3 is 2.64 bits per heavy atom. The number of rotatable bonds is 7. The Labute approximate surface area is 301 Å². The summed E-state index contributed by atoms with van der Waals surface area (Å²) < 4.78 is 28.4. The molecule has 0 aromatic heterocycles. The van der Waals surface area contributed by atoms with Crippen LogP contribution in [0.25, 0.3) is 0 Å². The van der Waals surface area contributed by atoms with Crippen LogP contribution in [0.2, 0.25) is 5.02 Å². The van der Waals surface area contributed by atoms with E-state index in [1.807, 2.05) is 13.0 Å². The number of carbonyl (C=O) groups is 4. The van der Waals surface area contributed by atoms with E-state index in [1.54, 1.807) is 31.2 Å². The monoisotopic (exact) mass is 739 g/mol. The third kappa shape index (κ3) is 8.39. The van der Waals surface area contributed by atoms with Gasteiger partial charge in [-0.3, -0.25) is 20.6 Å². The number of nitrogens with one attached hydrogen (secondary N) is 1. The van der Waals surface area contributed by atoms with E-state index in [0.29, 0.717) is 17.9 Å². The van der Waals surface area contributed by atoms with E-state index in [2.05, 4.69) is 17.9 Å². The lowest BCUT2D eigenvalue weighted by Crippen LogP contribution is -2.63. The van der Waals surface area contributed by atoms with Gasteiger partial charge in [0.1, 0.15) is 29.1 Å². The number of thiol groups is 1. The number of anilines is 1. The summed E-state index contributed by atoms with van der Waals surface area (Å²) in [5.41, 5.74) is 11.2. The molecule has 0 radical (unpaired) electrons. The average molecular weight is 740 g/mol. The number of amides is 3. The van der Waals surface area contributed by atoms with Gasteiger partial charge in [0.2, 0.25) is 11.8 Å². The van der Waals surface area contributed by atoms with Crippen LogP contribution in [0.5, 0.6) is 5.75 Å². The van der Waals surface area contributed by atoms with E-state index < -0.39 is 78.2 Å². The van der Waals surface area contributed by atoms with Crippen LogP contribution in [0.1, 0.15) is 38.7 Å². The van der Waals surface area contributed by atoms with Crippen molar-refractivity contribution in [2.24, 2.45) is 17.4 Å². The smallest absolute Gasteiger partial charge is 0.409 e. The summed E-state index contributed by atoms with van der Waals surface area (Å²) in [4.78, 5) is 54.8. The van der Waals surface area contributed by atoms with Crippen LogP contribution in [0.4, 0.5) is 10.5 Å². The first-order chi connectivity index (χ1) is 23.5. The van der Waals surface area contributed by atoms with Gasteiger partial charge in [0, 0.05) is 40.0 Å². The number of epoxide rings is 1. The number of nitrogens with two attached hydrogens (primary N) is 2. The van der Waals surface area contributed by atoms with Crippen LogP contribution >= 0.6 is 24.2 Å². The van der Waals surface area contributed by atoms with Gasteiger partial charge >= 0.3 is 12.1 Å². The molecule has 4 rings (SSSR count). The predicted octanol–water partition coefficient (Wildman–Crippen LogP) is 1.63. The van der Waals surface area contributed by atoms with Crippen molar-refractivity contribution >= 4 is 53.8 Å². The minimum atomic E-state index is -1.88. The van der Waals surface area contributed by atoms with Crippen molar-refractivity contribution in [2.45, 2.75) is 81.6 Å². The van der Waals surface area contributed by atoms with Crippen molar-refractivity contribution in [3.8, 4) is 5.75 Å². The molecule has 8 atom stereocenters. The lowest BCUT2D eigenvalue weighted by Gasteiger charge is -2.42. The van der Waals surface area contributed by atoms with Crippen molar-refractivity contribution in [3.63, 3.8) is 0 Å². The minimum absolute atomic E-state index is 0.0243. The number of hydrogen-bond acceptors (Lipinski definition) is 13. The van der Waals surface area contributed by atoms with Crippen LogP contribution < -0.4 is 26.4 Å². The van der Waals surface area contributed by atoms with Gasteiger partial charge in [0.25, 0.3) is 0 Å². The molecule has 3 heterocycles. The molecule has 276 valence electrons. The molecule has 2 saturated heterocycles. The summed E-state index contributed by atoms with van der Waals surface area (Å²) in [6, 6.07) is 3.49. The first-order valence-corrected chi connectivity index (χ1v) is 17.0. The molecule has 1 aromatic carbocycles. The minimum Gasteiger partial charge on any atom is -0.495 e. The number of nitrogens with zero attached hydrogens (tertiary/aromatic N) is 2. The zero-order valence-corrected chi connectivity index (χ0v) is 30.5. The molecule has 0 aliphatic carbocycles. The molecule has 1 aromatic rings. The lowest BCUT2D eigenvalue weighted by molar-refractivity contribution is -0.162. The zero-order valence-electron chi connectivity index (χ0n) is 28.9. The number of likely N-dealkylation sites (N-methyl/N-ethyl adjacent to an activating group) is 1. The van der Waals surface area contributed by atoms with E-state index in [-0.39, 0.29) is 23.6 Å². The predicted molar refractivity (Wildman–Crippen MR) is 186 cm³/mol. The number of allylic oxidation sites excluding steroid dienone is 3. The number of hydrogen-bond donors (Lipinski definition) is 5. The first-order valence-electron chi connectivity index (χ1n) is 16.0. The highest BCUT2D eigenvalue weighted by molar-refractivity contribution is 7.80. The summed E-state index contributed by atoms with van der Waals surface area (Å²) in [6.45, 7) is 3.59. The number of alkyl carbamates (subject to hydrolysis) is 1. The maximum absolute atomic E-state index is 14.0. The number of benzene rings is 1. The molecule has 3 aliphatic heterocycles. The molecule has 15 nitrogen and oxygen atoms in total. The van der Waals surface area contributed by atoms with Gasteiger partial charge < -0.3 is 44.3 Å². The number of methoxy groups -OCH3 is 2. The van der Waals surface area contributed by atoms with Gasteiger partial charge in [-0.15, -0.1) is 0 Å². The van der Waals surface area contributed by atoms with E-state index in [4.69, 9.17) is 46.8 Å². The second kappa shape index (κ2) is 15.9.